The lowest BCUT2D eigenvalue weighted by molar-refractivity contribution is 0.0154. The molecular formula is C19H31N5O. The zero-order valence-electron chi connectivity index (χ0n) is 15.7. The molecule has 138 valence electrons. The number of piperazine rings is 3. The van der Waals surface area contributed by atoms with Gasteiger partial charge in [0.1, 0.15) is 11.9 Å². The van der Waals surface area contributed by atoms with Gasteiger partial charge in [-0.25, -0.2) is 0 Å². The molecule has 0 amide bonds. The Labute approximate surface area is 151 Å². The number of aliphatic imine (C=N–C) groups is 1. The van der Waals surface area contributed by atoms with Crippen LogP contribution in [0.3, 0.4) is 0 Å². The van der Waals surface area contributed by atoms with Gasteiger partial charge in [0, 0.05) is 52.4 Å². The van der Waals surface area contributed by atoms with Crippen LogP contribution in [-0.4, -0.2) is 80.8 Å². The summed E-state index contributed by atoms with van der Waals surface area (Å²) in [4.78, 5) is 9.48. The molecule has 1 aromatic rings. The second-order valence-corrected chi connectivity index (χ2v) is 7.07. The SMILES string of the molecule is CN=C(NCC(C)Oc1cccc(C)c1)NCC1CN2CCN1CC2. The van der Waals surface area contributed by atoms with E-state index < -0.39 is 0 Å². The van der Waals surface area contributed by atoms with Gasteiger partial charge in [-0.1, -0.05) is 12.1 Å². The molecule has 2 bridgehead atoms. The van der Waals surface area contributed by atoms with E-state index in [0.717, 1.165) is 24.8 Å². The minimum absolute atomic E-state index is 0.0703. The number of fused-ring (bicyclic) bond motifs is 3. The van der Waals surface area contributed by atoms with Gasteiger partial charge in [-0.3, -0.25) is 14.8 Å². The first kappa shape index (κ1) is 18.0. The van der Waals surface area contributed by atoms with Crippen LogP contribution in [0.2, 0.25) is 0 Å². The number of rotatable bonds is 6. The highest BCUT2D eigenvalue weighted by Crippen LogP contribution is 2.15. The summed E-state index contributed by atoms with van der Waals surface area (Å²) >= 11 is 0. The minimum Gasteiger partial charge on any atom is -0.489 e. The lowest BCUT2D eigenvalue weighted by Gasteiger charge is -2.47. The van der Waals surface area contributed by atoms with E-state index in [1.165, 1.54) is 31.7 Å². The van der Waals surface area contributed by atoms with E-state index >= 15 is 0 Å². The van der Waals surface area contributed by atoms with Crippen molar-refractivity contribution in [2.75, 3.05) is 52.9 Å². The monoisotopic (exact) mass is 345 g/mol. The van der Waals surface area contributed by atoms with Gasteiger partial charge in [0.25, 0.3) is 0 Å². The topological polar surface area (TPSA) is 52.1 Å². The molecule has 0 aromatic heterocycles. The van der Waals surface area contributed by atoms with Crippen LogP contribution in [0.25, 0.3) is 0 Å². The second kappa shape index (κ2) is 8.54. The molecule has 2 unspecified atom stereocenters. The molecule has 4 rings (SSSR count). The standard InChI is InChI=1S/C19H31N5O/c1-15-5-4-6-18(11-15)25-16(2)12-21-19(20-3)22-13-17-14-23-7-9-24(17)10-8-23/h4-6,11,16-17H,7-10,12-14H2,1-3H3,(H2,20,21,22). The van der Waals surface area contributed by atoms with Crippen LogP contribution in [0, 0.1) is 6.92 Å². The maximum atomic E-state index is 5.96. The number of hydrogen-bond donors (Lipinski definition) is 2. The number of aryl methyl sites for hydroxylation is 1. The molecule has 2 N–H and O–H groups in total. The van der Waals surface area contributed by atoms with E-state index in [1.807, 2.05) is 19.2 Å². The fourth-order valence-electron chi connectivity index (χ4n) is 3.56. The molecule has 6 heteroatoms. The number of nitrogens with zero attached hydrogens (tertiary/aromatic N) is 3. The van der Waals surface area contributed by atoms with Gasteiger partial charge >= 0.3 is 0 Å². The molecule has 3 fully saturated rings. The Morgan fingerprint density at radius 3 is 2.72 bits per heavy atom. The summed E-state index contributed by atoms with van der Waals surface area (Å²) in [6, 6.07) is 8.74. The third-order valence-electron chi connectivity index (χ3n) is 5.00. The summed E-state index contributed by atoms with van der Waals surface area (Å²) in [5, 5.41) is 6.84. The third kappa shape index (κ3) is 5.09. The number of nitrogens with one attached hydrogen (secondary N) is 2. The fraction of sp³-hybridized carbons (Fsp3) is 0.632. The molecular weight excluding hydrogens is 314 g/mol. The number of guanidine groups is 1. The molecule has 3 aliphatic rings. The molecule has 3 aliphatic heterocycles. The largest absolute Gasteiger partial charge is 0.489 e. The average molecular weight is 345 g/mol. The molecule has 0 radical (unpaired) electrons. The van der Waals surface area contributed by atoms with Crippen molar-refractivity contribution in [3.05, 3.63) is 29.8 Å². The van der Waals surface area contributed by atoms with E-state index in [0.29, 0.717) is 12.6 Å². The van der Waals surface area contributed by atoms with Gasteiger partial charge in [0.15, 0.2) is 5.96 Å². The predicted molar refractivity (Wildman–Crippen MR) is 102 cm³/mol. The summed E-state index contributed by atoms with van der Waals surface area (Å²) in [5.74, 6) is 1.76. The van der Waals surface area contributed by atoms with Crippen LogP contribution in [0.15, 0.2) is 29.3 Å². The van der Waals surface area contributed by atoms with Crippen LogP contribution in [0.1, 0.15) is 12.5 Å². The van der Waals surface area contributed by atoms with Crippen molar-refractivity contribution in [3.63, 3.8) is 0 Å². The highest BCUT2D eigenvalue weighted by Gasteiger charge is 2.31. The van der Waals surface area contributed by atoms with Crippen LogP contribution in [-0.2, 0) is 0 Å². The van der Waals surface area contributed by atoms with Crippen LogP contribution in [0.4, 0.5) is 0 Å². The van der Waals surface area contributed by atoms with Crippen molar-refractivity contribution < 1.29 is 4.74 Å². The second-order valence-electron chi connectivity index (χ2n) is 7.07. The van der Waals surface area contributed by atoms with E-state index in [9.17, 15) is 0 Å². The highest BCUT2D eigenvalue weighted by atomic mass is 16.5. The van der Waals surface area contributed by atoms with Crippen molar-refractivity contribution >= 4 is 5.96 Å². The number of hydrogen-bond acceptors (Lipinski definition) is 4. The zero-order valence-corrected chi connectivity index (χ0v) is 15.7. The van der Waals surface area contributed by atoms with Gasteiger partial charge in [-0.05, 0) is 31.5 Å². The lowest BCUT2D eigenvalue weighted by atomic mass is 10.1. The normalized spacial score (nSPS) is 27.0. The fourth-order valence-corrected chi connectivity index (χ4v) is 3.56. The van der Waals surface area contributed by atoms with E-state index in [2.05, 4.69) is 51.4 Å². The molecule has 0 aliphatic carbocycles. The quantitative estimate of drug-likeness (QED) is 0.593. The van der Waals surface area contributed by atoms with Crippen molar-refractivity contribution in [3.8, 4) is 5.75 Å². The average Bonchev–Trinajstić information content (AvgIpc) is 2.63. The van der Waals surface area contributed by atoms with E-state index in [4.69, 9.17) is 4.74 Å². The molecule has 0 spiro atoms. The van der Waals surface area contributed by atoms with Crippen LogP contribution >= 0.6 is 0 Å². The summed E-state index contributed by atoms with van der Waals surface area (Å²) < 4.78 is 5.96. The maximum Gasteiger partial charge on any atom is 0.191 e. The Morgan fingerprint density at radius 2 is 2.08 bits per heavy atom. The van der Waals surface area contributed by atoms with Crippen molar-refractivity contribution in [1.29, 1.82) is 0 Å². The first-order chi connectivity index (χ1) is 12.1. The third-order valence-corrected chi connectivity index (χ3v) is 5.00. The predicted octanol–water partition coefficient (Wildman–Crippen LogP) is 0.927. The first-order valence-corrected chi connectivity index (χ1v) is 9.28. The van der Waals surface area contributed by atoms with Gasteiger partial charge in [-0.2, -0.15) is 0 Å². The molecule has 1 aromatic carbocycles. The first-order valence-electron chi connectivity index (χ1n) is 9.28. The summed E-state index contributed by atoms with van der Waals surface area (Å²) in [6.45, 7) is 11.8. The molecule has 0 saturated carbocycles. The molecule has 25 heavy (non-hydrogen) atoms. The molecule has 2 atom stereocenters. The Kier molecular flexibility index (Phi) is 6.15. The van der Waals surface area contributed by atoms with Gasteiger partial charge in [0.05, 0.1) is 6.54 Å². The number of benzene rings is 1. The van der Waals surface area contributed by atoms with E-state index in [-0.39, 0.29) is 6.10 Å². The highest BCUT2D eigenvalue weighted by molar-refractivity contribution is 5.79. The van der Waals surface area contributed by atoms with E-state index in [1.54, 1.807) is 0 Å². The minimum atomic E-state index is 0.0703. The maximum absolute atomic E-state index is 5.96. The Morgan fingerprint density at radius 1 is 1.28 bits per heavy atom. The van der Waals surface area contributed by atoms with Crippen LogP contribution < -0.4 is 15.4 Å². The Hall–Kier alpha value is -1.79. The molecule has 6 nitrogen and oxygen atoms in total. The Balaban J connectivity index is 1.40. The number of ether oxygens (including phenoxy) is 1. The smallest absolute Gasteiger partial charge is 0.191 e. The molecule has 3 heterocycles. The lowest BCUT2D eigenvalue weighted by Crippen LogP contribution is -2.64. The van der Waals surface area contributed by atoms with Gasteiger partial charge in [0.2, 0.25) is 0 Å². The van der Waals surface area contributed by atoms with Gasteiger partial charge in [-0.15, -0.1) is 0 Å². The van der Waals surface area contributed by atoms with Crippen molar-refractivity contribution in [2.45, 2.75) is 26.0 Å². The van der Waals surface area contributed by atoms with Gasteiger partial charge < -0.3 is 15.4 Å². The Bertz CT molecular complexity index is 583. The van der Waals surface area contributed by atoms with Crippen molar-refractivity contribution in [2.24, 2.45) is 4.99 Å². The van der Waals surface area contributed by atoms with Crippen LogP contribution in [0.5, 0.6) is 5.75 Å². The summed E-state index contributed by atoms with van der Waals surface area (Å²) in [5.41, 5.74) is 1.21. The van der Waals surface area contributed by atoms with Crippen molar-refractivity contribution in [1.82, 2.24) is 20.4 Å². The summed E-state index contributed by atoms with van der Waals surface area (Å²) in [6.07, 6.45) is 0.0703. The zero-order chi connectivity index (χ0) is 17.6. The summed E-state index contributed by atoms with van der Waals surface area (Å²) in [7, 11) is 1.82. The molecule has 3 saturated heterocycles.